The Bertz CT molecular complexity index is 414. The Morgan fingerprint density at radius 1 is 1.50 bits per heavy atom. The van der Waals surface area contributed by atoms with Gasteiger partial charge < -0.3 is 0 Å². The summed E-state index contributed by atoms with van der Waals surface area (Å²) in [5.74, 6) is 0.295. The Labute approximate surface area is 96.4 Å². The van der Waals surface area contributed by atoms with Crippen LogP contribution in [0.25, 0.3) is 0 Å². The number of ketones is 2. The number of fused-ring (bicyclic) bond motifs is 1. The molecule has 2 aliphatic rings. The standard InChI is InChI=1S/C14H18O2/c1-9-5-4-6-11-7-13(16)12(10(2)15)8-14(9,11)3/h7-9H,4-6H2,1-3H3/t9-,14+/m0/s1. The Hall–Kier alpha value is -1.18. The predicted octanol–water partition coefficient (Wildman–Crippen LogP) is 2.84. The highest BCUT2D eigenvalue weighted by Gasteiger charge is 2.40. The van der Waals surface area contributed by atoms with Crippen LogP contribution in [0.1, 0.15) is 40.0 Å². The second-order valence-electron chi connectivity index (χ2n) is 5.22. The summed E-state index contributed by atoms with van der Waals surface area (Å²) >= 11 is 0. The highest BCUT2D eigenvalue weighted by molar-refractivity contribution is 6.24. The van der Waals surface area contributed by atoms with E-state index in [1.54, 1.807) is 6.08 Å². The van der Waals surface area contributed by atoms with Crippen molar-refractivity contribution in [3.05, 3.63) is 23.3 Å². The fourth-order valence-corrected chi connectivity index (χ4v) is 2.83. The molecule has 2 heteroatoms. The van der Waals surface area contributed by atoms with Crippen LogP contribution in [0.15, 0.2) is 23.3 Å². The lowest BCUT2D eigenvalue weighted by molar-refractivity contribution is -0.118. The second kappa shape index (κ2) is 3.69. The molecule has 0 heterocycles. The quantitative estimate of drug-likeness (QED) is 0.634. The minimum absolute atomic E-state index is 0.0762. The molecule has 0 unspecified atom stereocenters. The fourth-order valence-electron chi connectivity index (χ4n) is 2.83. The Morgan fingerprint density at radius 2 is 2.19 bits per heavy atom. The predicted molar refractivity (Wildman–Crippen MR) is 63.0 cm³/mol. The molecule has 0 radical (unpaired) electrons. The summed E-state index contributed by atoms with van der Waals surface area (Å²) in [4.78, 5) is 23.2. The molecule has 16 heavy (non-hydrogen) atoms. The lowest BCUT2D eigenvalue weighted by Crippen LogP contribution is -2.34. The molecule has 2 atom stereocenters. The summed E-state index contributed by atoms with van der Waals surface area (Å²) in [5.41, 5.74) is 1.51. The molecule has 2 aliphatic carbocycles. The Morgan fingerprint density at radius 3 is 2.81 bits per heavy atom. The van der Waals surface area contributed by atoms with Crippen LogP contribution in [0.3, 0.4) is 0 Å². The number of allylic oxidation sites excluding steroid dienone is 4. The lowest BCUT2D eigenvalue weighted by atomic mass is 9.62. The zero-order valence-corrected chi connectivity index (χ0v) is 10.2. The first-order valence-corrected chi connectivity index (χ1v) is 5.94. The first-order chi connectivity index (χ1) is 7.45. The van der Waals surface area contributed by atoms with Crippen molar-refractivity contribution >= 4 is 11.6 Å². The number of Topliss-reactive ketones (excluding diaryl/α,β-unsaturated/α-hetero) is 1. The average molecular weight is 218 g/mol. The van der Waals surface area contributed by atoms with Crippen molar-refractivity contribution in [1.82, 2.24) is 0 Å². The van der Waals surface area contributed by atoms with Crippen molar-refractivity contribution in [3.8, 4) is 0 Å². The van der Waals surface area contributed by atoms with Crippen LogP contribution in [-0.2, 0) is 9.59 Å². The van der Waals surface area contributed by atoms with Gasteiger partial charge in [-0.05, 0) is 38.2 Å². The molecule has 0 bridgehead atoms. The van der Waals surface area contributed by atoms with Crippen LogP contribution in [0.2, 0.25) is 0 Å². The van der Waals surface area contributed by atoms with Gasteiger partial charge in [0.15, 0.2) is 11.6 Å². The van der Waals surface area contributed by atoms with E-state index in [9.17, 15) is 9.59 Å². The molecule has 0 N–H and O–H groups in total. The molecular formula is C14H18O2. The molecule has 0 spiro atoms. The van der Waals surface area contributed by atoms with Gasteiger partial charge in [-0.15, -0.1) is 0 Å². The van der Waals surface area contributed by atoms with Crippen LogP contribution in [0.5, 0.6) is 0 Å². The van der Waals surface area contributed by atoms with Gasteiger partial charge in [0, 0.05) is 5.41 Å². The summed E-state index contributed by atoms with van der Waals surface area (Å²) < 4.78 is 0. The first-order valence-electron chi connectivity index (χ1n) is 5.94. The maximum Gasteiger partial charge on any atom is 0.189 e. The number of rotatable bonds is 1. The zero-order chi connectivity index (χ0) is 11.9. The van der Waals surface area contributed by atoms with E-state index in [1.165, 1.54) is 18.9 Å². The smallest absolute Gasteiger partial charge is 0.189 e. The Kier molecular flexibility index (Phi) is 2.61. The van der Waals surface area contributed by atoms with E-state index >= 15 is 0 Å². The summed E-state index contributed by atoms with van der Waals surface area (Å²) in [6, 6.07) is 0. The first kappa shape index (κ1) is 11.3. The molecule has 0 aromatic rings. The van der Waals surface area contributed by atoms with Crippen molar-refractivity contribution in [1.29, 1.82) is 0 Å². The van der Waals surface area contributed by atoms with E-state index < -0.39 is 0 Å². The number of carbonyl (C=O) groups excluding carboxylic acids is 2. The number of carbonyl (C=O) groups is 2. The van der Waals surface area contributed by atoms with E-state index in [-0.39, 0.29) is 17.0 Å². The van der Waals surface area contributed by atoms with Crippen LogP contribution in [-0.4, -0.2) is 11.6 Å². The van der Waals surface area contributed by atoms with Gasteiger partial charge in [0.1, 0.15) is 0 Å². The molecule has 2 rings (SSSR count). The highest BCUT2D eigenvalue weighted by atomic mass is 16.1. The fraction of sp³-hybridized carbons (Fsp3) is 0.571. The van der Waals surface area contributed by atoms with Gasteiger partial charge in [0.05, 0.1) is 5.57 Å². The molecule has 0 aromatic heterocycles. The van der Waals surface area contributed by atoms with Gasteiger partial charge in [0.25, 0.3) is 0 Å². The maximum absolute atomic E-state index is 11.8. The zero-order valence-electron chi connectivity index (χ0n) is 10.2. The SMILES string of the molecule is CC(=O)C1=C[C@@]2(C)C(=CC1=O)CCC[C@@H]2C. The minimum atomic E-state index is -0.112. The third-order valence-electron chi connectivity index (χ3n) is 4.19. The van der Waals surface area contributed by atoms with Gasteiger partial charge >= 0.3 is 0 Å². The summed E-state index contributed by atoms with van der Waals surface area (Å²) in [5, 5.41) is 0. The van der Waals surface area contributed by atoms with Crippen LogP contribution < -0.4 is 0 Å². The van der Waals surface area contributed by atoms with Crippen LogP contribution >= 0.6 is 0 Å². The summed E-state index contributed by atoms with van der Waals surface area (Å²) in [6.07, 6.45) is 6.93. The maximum atomic E-state index is 11.8. The normalized spacial score (nSPS) is 33.9. The van der Waals surface area contributed by atoms with E-state index in [0.717, 1.165) is 12.8 Å². The summed E-state index contributed by atoms with van der Waals surface area (Å²) in [7, 11) is 0. The third-order valence-corrected chi connectivity index (χ3v) is 4.19. The van der Waals surface area contributed by atoms with Crippen molar-refractivity contribution in [3.63, 3.8) is 0 Å². The number of hydrogen-bond donors (Lipinski definition) is 0. The topological polar surface area (TPSA) is 34.1 Å². The molecule has 1 fully saturated rings. The average Bonchev–Trinajstić information content (AvgIpc) is 2.20. The van der Waals surface area contributed by atoms with Crippen molar-refractivity contribution in [2.24, 2.45) is 11.3 Å². The molecule has 0 amide bonds. The van der Waals surface area contributed by atoms with Crippen molar-refractivity contribution in [2.45, 2.75) is 40.0 Å². The molecule has 0 saturated heterocycles. The van der Waals surface area contributed by atoms with E-state index in [1.807, 2.05) is 6.08 Å². The highest BCUT2D eigenvalue weighted by Crippen LogP contribution is 2.48. The molecule has 0 aromatic carbocycles. The summed E-state index contributed by atoms with van der Waals surface area (Å²) in [6.45, 7) is 5.83. The van der Waals surface area contributed by atoms with Crippen molar-refractivity contribution in [2.75, 3.05) is 0 Å². The van der Waals surface area contributed by atoms with Gasteiger partial charge in [-0.3, -0.25) is 9.59 Å². The Balaban J connectivity index is 2.48. The van der Waals surface area contributed by atoms with Gasteiger partial charge in [-0.25, -0.2) is 0 Å². The largest absolute Gasteiger partial charge is 0.294 e. The van der Waals surface area contributed by atoms with Crippen LogP contribution in [0, 0.1) is 11.3 Å². The van der Waals surface area contributed by atoms with Gasteiger partial charge in [0.2, 0.25) is 0 Å². The molecule has 0 aliphatic heterocycles. The lowest BCUT2D eigenvalue weighted by Gasteiger charge is -2.42. The van der Waals surface area contributed by atoms with E-state index in [2.05, 4.69) is 13.8 Å². The third kappa shape index (κ3) is 1.57. The second-order valence-corrected chi connectivity index (χ2v) is 5.22. The monoisotopic (exact) mass is 218 g/mol. The molecule has 2 nitrogen and oxygen atoms in total. The van der Waals surface area contributed by atoms with Gasteiger partial charge in [-0.2, -0.15) is 0 Å². The van der Waals surface area contributed by atoms with E-state index in [4.69, 9.17) is 0 Å². The van der Waals surface area contributed by atoms with E-state index in [0.29, 0.717) is 11.5 Å². The van der Waals surface area contributed by atoms with Crippen LogP contribution in [0.4, 0.5) is 0 Å². The molecular weight excluding hydrogens is 200 g/mol. The van der Waals surface area contributed by atoms with Crippen molar-refractivity contribution < 1.29 is 9.59 Å². The number of hydrogen-bond acceptors (Lipinski definition) is 2. The molecule has 86 valence electrons. The molecule has 1 saturated carbocycles. The van der Waals surface area contributed by atoms with Gasteiger partial charge in [-0.1, -0.05) is 25.5 Å². The minimum Gasteiger partial charge on any atom is -0.294 e.